The summed E-state index contributed by atoms with van der Waals surface area (Å²) in [4.78, 5) is 10.5. The van der Waals surface area contributed by atoms with Crippen molar-refractivity contribution in [2.45, 2.75) is 18.9 Å². The number of hydrogen-bond acceptors (Lipinski definition) is 3. The maximum absolute atomic E-state index is 10.5. The first-order valence-corrected chi connectivity index (χ1v) is 7.55. The number of carbonyl (C=O) groups excluding carboxylic acids is 1. The molecule has 0 aliphatic heterocycles. The Morgan fingerprint density at radius 3 is 2.65 bits per heavy atom. The number of allylic oxidation sites excluding steroid dienone is 2. The molecule has 3 heteroatoms. The fourth-order valence-corrected chi connectivity index (χ4v) is 2.67. The highest BCUT2D eigenvalue weighted by Gasteiger charge is 2.16. The molecule has 3 nitrogen and oxygen atoms in total. The summed E-state index contributed by atoms with van der Waals surface area (Å²) in [6, 6.07) is 15.2. The van der Waals surface area contributed by atoms with Gasteiger partial charge in [0.1, 0.15) is 11.5 Å². The van der Waals surface area contributed by atoms with E-state index in [-0.39, 0.29) is 0 Å². The van der Waals surface area contributed by atoms with Gasteiger partial charge in [0, 0.05) is 5.57 Å². The van der Waals surface area contributed by atoms with Crippen LogP contribution in [0, 0.1) is 0 Å². The molecule has 1 aliphatic carbocycles. The average molecular weight is 304 g/mol. The summed E-state index contributed by atoms with van der Waals surface area (Å²) in [6.07, 6.45) is 5.15. The SMILES string of the molecule is C=C1C(Oc2ccc(C[C@H](N)[C]=O)cc2)=CCc2ccccc21. The third-order valence-electron chi connectivity index (χ3n) is 3.91. The van der Waals surface area contributed by atoms with Crippen molar-refractivity contribution in [3.05, 3.63) is 83.6 Å². The van der Waals surface area contributed by atoms with Crippen LogP contribution in [0.15, 0.2) is 66.9 Å². The number of hydrogen-bond donors (Lipinski definition) is 1. The summed E-state index contributed by atoms with van der Waals surface area (Å²) < 4.78 is 5.96. The van der Waals surface area contributed by atoms with Crippen LogP contribution in [0.1, 0.15) is 16.7 Å². The molecule has 2 aromatic rings. The van der Waals surface area contributed by atoms with Gasteiger partial charge in [0.15, 0.2) is 0 Å². The Morgan fingerprint density at radius 2 is 1.91 bits per heavy atom. The average Bonchev–Trinajstić information content (AvgIpc) is 2.59. The predicted molar refractivity (Wildman–Crippen MR) is 91.7 cm³/mol. The lowest BCUT2D eigenvalue weighted by atomic mass is 9.92. The summed E-state index contributed by atoms with van der Waals surface area (Å²) in [6.45, 7) is 4.15. The molecule has 1 aliphatic rings. The van der Waals surface area contributed by atoms with E-state index in [9.17, 15) is 4.79 Å². The summed E-state index contributed by atoms with van der Waals surface area (Å²) in [7, 11) is 0. The van der Waals surface area contributed by atoms with Gasteiger partial charge in [0.25, 0.3) is 0 Å². The van der Waals surface area contributed by atoms with Crippen LogP contribution in [0.4, 0.5) is 0 Å². The third-order valence-corrected chi connectivity index (χ3v) is 3.91. The molecule has 0 heterocycles. The van der Waals surface area contributed by atoms with Gasteiger partial charge in [0.2, 0.25) is 6.29 Å². The number of rotatable bonds is 5. The van der Waals surface area contributed by atoms with E-state index in [4.69, 9.17) is 10.5 Å². The first-order chi connectivity index (χ1) is 11.2. The molecule has 23 heavy (non-hydrogen) atoms. The molecule has 1 radical (unpaired) electrons. The van der Waals surface area contributed by atoms with Gasteiger partial charge in [-0.15, -0.1) is 0 Å². The smallest absolute Gasteiger partial charge is 0.217 e. The minimum absolute atomic E-state index is 0.479. The van der Waals surface area contributed by atoms with E-state index in [1.54, 1.807) is 6.29 Å². The molecule has 115 valence electrons. The number of benzene rings is 2. The summed E-state index contributed by atoms with van der Waals surface area (Å²) in [5.41, 5.74) is 9.86. The lowest BCUT2D eigenvalue weighted by molar-refractivity contribution is 0.445. The van der Waals surface area contributed by atoms with E-state index in [0.29, 0.717) is 6.42 Å². The molecule has 0 unspecified atom stereocenters. The fraction of sp³-hybridized carbons (Fsp3) is 0.150. The van der Waals surface area contributed by atoms with Gasteiger partial charge in [-0.2, -0.15) is 0 Å². The molecular formula is C20H18NO2. The summed E-state index contributed by atoms with van der Waals surface area (Å²) in [5, 5.41) is 0. The fourth-order valence-electron chi connectivity index (χ4n) is 2.67. The van der Waals surface area contributed by atoms with Crippen LogP contribution in [-0.4, -0.2) is 12.3 Å². The first kappa shape index (κ1) is 15.3. The van der Waals surface area contributed by atoms with E-state index < -0.39 is 6.04 Å². The Hall–Kier alpha value is -2.65. The van der Waals surface area contributed by atoms with Gasteiger partial charge >= 0.3 is 0 Å². The van der Waals surface area contributed by atoms with Gasteiger partial charge in [-0.25, -0.2) is 0 Å². The topological polar surface area (TPSA) is 52.3 Å². The molecule has 0 amide bonds. The molecular weight excluding hydrogens is 286 g/mol. The maximum atomic E-state index is 10.5. The Bertz CT molecular complexity index is 759. The molecule has 0 bridgehead atoms. The van der Waals surface area contributed by atoms with Gasteiger partial charge in [-0.3, -0.25) is 4.79 Å². The monoisotopic (exact) mass is 304 g/mol. The molecule has 0 spiro atoms. The van der Waals surface area contributed by atoms with Gasteiger partial charge in [-0.1, -0.05) is 43.0 Å². The van der Waals surface area contributed by atoms with Gasteiger partial charge < -0.3 is 10.5 Å². The van der Waals surface area contributed by atoms with Crippen LogP contribution in [0.5, 0.6) is 5.75 Å². The van der Waals surface area contributed by atoms with Gasteiger partial charge in [0.05, 0.1) is 6.04 Å². The zero-order valence-corrected chi connectivity index (χ0v) is 12.8. The van der Waals surface area contributed by atoms with E-state index in [1.807, 2.05) is 36.4 Å². The van der Waals surface area contributed by atoms with Crippen LogP contribution in [0.2, 0.25) is 0 Å². The van der Waals surface area contributed by atoms with Crippen molar-refractivity contribution in [2.24, 2.45) is 5.73 Å². The Balaban J connectivity index is 1.72. The molecule has 0 fully saturated rings. The zero-order valence-electron chi connectivity index (χ0n) is 12.8. The third kappa shape index (κ3) is 3.41. The summed E-state index contributed by atoms with van der Waals surface area (Å²) >= 11 is 0. The van der Waals surface area contributed by atoms with Crippen molar-refractivity contribution < 1.29 is 9.53 Å². The van der Waals surface area contributed by atoms with Crippen molar-refractivity contribution in [1.29, 1.82) is 0 Å². The first-order valence-electron chi connectivity index (χ1n) is 7.55. The number of nitrogens with two attached hydrogens (primary N) is 1. The quantitative estimate of drug-likeness (QED) is 0.923. The van der Waals surface area contributed by atoms with Gasteiger partial charge in [-0.05, 0) is 47.7 Å². The maximum Gasteiger partial charge on any atom is 0.217 e. The van der Waals surface area contributed by atoms with Crippen LogP contribution < -0.4 is 10.5 Å². The van der Waals surface area contributed by atoms with Crippen molar-refractivity contribution in [1.82, 2.24) is 0 Å². The minimum Gasteiger partial charge on any atom is -0.457 e. The van der Waals surface area contributed by atoms with Crippen LogP contribution >= 0.6 is 0 Å². The number of fused-ring (bicyclic) bond motifs is 1. The molecule has 3 rings (SSSR count). The second-order valence-corrected chi connectivity index (χ2v) is 5.58. The standard InChI is InChI=1S/C20H18NO2/c1-14-19-5-3-2-4-16(19)8-11-20(14)23-18-9-6-15(7-10-18)12-17(21)13-22/h2-7,9-11,17H,1,8,12,21H2/t17-/m0/s1. The highest BCUT2D eigenvalue weighted by molar-refractivity contribution is 5.79. The van der Waals surface area contributed by atoms with Crippen molar-refractivity contribution in [3.8, 4) is 5.75 Å². The van der Waals surface area contributed by atoms with Crippen LogP contribution in [0.3, 0.4) is 0 Å². The second kappa shape index (κ2) is 6.63. The highest BCUT2D eigenvalue weighted by Crippen LogP contribution is 2.31. The Morgan fingerprint density at radius 1 is 1.17 bits per heavy atom. The lowest BCUT2D eigenvalue weighted by Crippen LogP contribution is -2.23. The molecule has 0 saturated carbocycles. The zero-order chi connectivity index (χ0) is 16.2. The largest absolute Gasteiger partial charge is 0.457 e. The molecule has 2 N–H and O–H groups in total. The van der Waals surface area contributed by atoms with Crippen LogP contribution in [0.25, 0.3) is 5.57 Å². The normalized spacial score (nSPS) is 14.7. The molecule has 0 saturated heterocycles. The lowest BCUT2D eigenvalue weighted by Gasteiger charge is -2.20. The molecule has 2 aromatic carbocycles. The van der Waals surface area contributed by atoms with Crippen molar-refractivity contribution in [3.63, 3.8) is 0 Å². The Labute approximate surface area is 136 Å². The van der Waals surface area contributed by atoms with Crippen LogP contribution in [-0.2, 0) is 17.6 Å². The number of ether oxygens (including phenoxy) is 1. The second-order valence-electron chi connectivity index (χ2n) is 5.58. The predicted octanol–water partition coefficient (Wildman–Crippen LogP) is 3.20. The highest BCUT2D eigenvalue weighted by atomic mass is 16.5. The summed E-state index contributed by atoms with van der Waals surface area (Å²) in [5.74, 6) is 1.53. The molecule has 1 atom stereocenters. The Kier molecular flexibility index (Phi) is 4.40. The minimum atomic E-state index is -0.584. The molecule has 0 aromatic heterocycles. The van der Waals surface area contributed by atoms with E-state index in [1.165, 1.54) is 5.56 Å². The van der Waals surface area contributed by atoms with Crippen molar-refractivity contribution in [2.75, 3.05) is 0 Å². The van der Waals surface area contributed by atoms with E-state index >= 15 is 0 Å². The van der Waals surface area contributed by atoms with E-state index in [2.05, 4.69) is 24.8 Å². The van der Waals surface area contributed by atoms with E-state index in [0.717, 1.165) is 34.6 Å². The van der Waals surface area contributed by atoms with Crippen molar-refractivity contribution >= 4 is 11.9 Å².